The molecule has 0 aliphatic rings. The van der Waals surface area contributed by atoms with Gasteiger partial charge in [0.2, 0.25) is 0 Å². The van der Waals surface area contributed by atoms with Gasteiger partial charge in [-0.3, -0.25) is 0 Å². The molecule has 0 saturated heterocycles. The minimum atomic E-state index is -0.961. The van der Waals surface area contributed by atoms with Crippen molar-refractivity contribution in [1.82, 2.24) is 15.5 Å². The second-order valence-electron chi connectivity index (χ2n) is 6.36. The lowest BCUT2D eigenvalue weighted by atomic mass is 10.00. The van der Waals surface area contributed by atoms with Crippen molar-refractivity contribution in [2.45, 2.75) is 25.5 Å². The topological polar surface area (TPSA) is 59.9 Å². The number of hydrogen-bond donors (Lipinski definition) is 3. The van der Waals surface area contributed by atoms with Crippen LogP contribution in [0.5, 0.6) is 0 Å². The van der Waals surface area contributed by atoms with Crippen molar-refractivity contribution in [3.8, 4) is 0 Å². The zero-order chi connectivity index (χ0) is 18.3. The molecule has 0 radical (unpaired) electrons. The molecule has 138 valence electrons. The highest BCUT2D eigenvalue weighted by molar-refractivity contribution is 7.10. The van der Waals surface area contributed by atoms with Gasteiger partial charge in [-0.05, 0) is 61.8 Å². The number of aliphatic imine (C=N–C) groups is 1. The Morgan fingerprint density at radius 3 is 2.68 bits per heavy atom. The normalized spacial score (nSPS) is 15.8. The number of rotatable bonds is 8. The zero-order valence-corrected chi connectivity index (χ0v) is 17.0. The van der Waals surface area contributed by atoms with Crippen LogP contribution in [0.15, 0.2) is 39.3 Å². The molecule has 2 aromatic rings. The highest BCUT2D eigenvalue weighted by Gasteiger charge is 2.23. The van der Waals surface area contributed by atoms with Gasteiger partial charge in [-0.25, -0.2) is 4.99 Å². The van der Waals surface area contributed by atoms with E-state index in [4.69, 9.17) is 0 Å². The van der Waals surface area contributed by atoms with Gasteiger partial charge in [0, 0.05) is 18.0 Å². The molecule has 2 aromatic heterocycles. The summed E-state index contributed by atoms with van der Waals surface area (Å²) in [6.45, 7) is 5.68. The SMILES string of the molecule is CCNC(=NCC(C)(O)c1ccsc1)NCC(c1cccs1)N(C)C. The lowest BCUT2D eigenvalue weighted by Crippen LogP contribution is -2.42. The molecule has 0 aromatic carbocycles. The highest BCUT2D eigenvalue weighted by atomic mass is 32.1. The maximum Gasteiger partial charge on any atom is 0.191 e. The first kappa shape index (κ1) is 19.9. The maximum atomic E-state index is 10.6. The predicted molar refractivity (Wildman–Crippen MR) is 109 cm³/mol. The van der Waals surface area contributed by atoms with Gasteiger partial charge in [-0.2, -0.15) is 11.3 Å². The molecule has 2 heterocycles. The molecule has 3 N–H and O–H groups in total. The summed E-state index contributed by atoms with van der Waals surface area (Å²) >= 11 is 3.34. The van der Waals surface area contributed by atoms with E-state index in [0.717, 1.165) is 24.6 Å². The van der Waals surface area contributed by atoms with Crippen LogP contribution in [0.3, 0.4) is 0 Å². The molecule has 25 heavy (non-hydrogen) atoms. The summed E-state index contributed by atoms with van der Waals surface area (Å²) in [5.74, 6) is 0.724. The van der Waals surface area contributed by atoms with Crippen molar-refractivity contribution < 1.29 is 5.11 Å². The average molecular weight is 381 g/mol. The van der Waals surface area contributed by atoms with E-state index >= 15 is 0 Å². The van der Waals surface area contributed by atoms with E-state index < -0.39 is 5.60 Å². The first-order valence-corrected chi connectivity index (χ1v) is 10.2. The highest BCUT2D eigenvalue weighted by Crippen LogP contribution is 2.24. The van der Waals surface area contributed by atoms with Crippen LogP contribution in [0.4, 0.5) is 0 Å². The van der Waals surface area contributed by atoms with Gasteiger partial charge in [-0.1, -0.05) is 6.07 Å². The van der Waals surface area contributed by atoms with E-state index in [0.29, 0.717) is 6.54 Å². The maximum absolute atomic E-state index is 10.6. The molecule has 0 aliphatic heterocycles. The summed E-state index contributed by atoms with van der Waals surface area (Å²) in [5.41, 5.74) is -0.0568. The minimum Gasteiger partial charge on any atom is -0.383 e. The smallest absolute Gasteiger partial charge is 0.191 e. The van der Waals surface area contributed by atoms with Crippen LogP contribution in [0.2, 0.25) is 0 Å². The Labute approximate surface area is 158 Å². The van der Waals surface area contributed by atoms with E-state index in [1.165, 1.54) is 4.88 Å². The summed E-state index contributed by atoms with van der Waals surface area (Å²) in [6.07, 6.45) is 0. The van der Waals surface area contributed by atoms with Gasteiger partial charge in [0.25, 0.3) is 0 Å². The number of thiophene rings is 2. The van der Waals surface area contributed by atoms with E-state index in [1.54, 1.807) is 29.6 Å². The fourth-order valence-electron chi connectivity index (χ4n) is 2.45. The molecule has 0 fully saturated rings. The largest absolute Gasteiger partial charge is 0.383 e. The lowest BCUT2D eigenvalue weighted by Gasteiger charge is -2.25. The first-order valence-electron chi connectivity index (χ1n) is 8.41. The first-order chi connectivity index (χ1) is 11.9. The second-order valence-corrected chi connectivity index (χ2v) is 8.12. The number of guanidine groups is 1. The van der Waals surface area contributed by atoms with Crippen molar-refractivity contribution in [2.24, 2.45) is 4.99 Å². The van der Waals surface area contributed by atoms with Gasteiger partial charge >= 0.3 is 0 Å². The number of nitrogens with one attached hydrogen (secondary N) is 2. The van der Waals surface area contributed by atoms with Crippen LogP contribution in [0, 0.1) is 0 Å². The van der Waals surface area contributed by atoms with Crippen molar-refractivity contribution in [1.29, 1.82) is 0 Å². The Bertz CT molecular complexity index is 636. The third-order valence-electron chi connectivity index (χ3n) is 3.99. The molecule has 0 bridgehead atoms. The van der Waals surface area contributed by atoms with Gasteiger partial charge in [0.1, 0.15) is 5.60 Å². The number of hydrogen-bond acceptors (Lipinski definition) is 5. The Balaban J connectivity index is 2.02. The zero-order valence-electron chi connectivity index (χ0n) is 15.3. The van der Waals surface area contributed by atoms with Crippen LogP contribution in [0.25, 0.3) is 0 Å². The monoisotopic (exact) mass is 380 g/mol. The summed E-state index contributed by atoms with van der Waals surface area (Å²) in [4.78, 5) is 8.10. The Morgan fingerprint density at radius 1 is 1.32 bits per heavy atom. The van der Waals surface area contributed by atoms with Crippen molar-refractivity contribution in [3.63, 3.8) is 0 Å². The molecule has 0 spiro atoms. The Hall–Kier alpha value is -1.41. The molecule has 0 amide bonds. The summed E-state index contributed by atoms with van der Waals surface area (Å²) in [6, 6.07) is 6.46. The fourth-order valence-corrected chi connectivity index (χ4v) is 4.15. The Morgan fingerprint density at radius 2 is 2.12 bits per heavy atom. The fraction of sp³-hybridized carbons (Fsp3) is 0.500. The lowest BCUT2D eigenvalue weighted by molar-refractivity contribution is 0.0677. The van der Waals surface area contributed by atoms with Crippen LogP contribution >= 0.6 is 22.7 Å². The van der Waals surface area contributed by atoms with Gasteiger partial charge in [0.05, 0.1) is 12.6 Å². The van der Waals surface area contributed by atoms with E-state index in [1.807, 2.05) is 23.8 Å². The Kier molecular flexibility index (Phi) is 7.43. The summed E-state index contributed by atoms with van der Waals surface area (Å²) < 4.78 is 0. The second kappa shape index (κ2) is 9.33. The number of likely N-dealkylation sites (N-methyl/N-ethyl adjacent to an activating group) is 1. The minimum absolute atomic E-state index is 0.279. The molecule has 7 heteroatoms. The number of aliphatic hydroxyl groups is 1. The van der Waals surface area contributed by atoms with Crippen molar-refractivity contribution >= 4 is 28.6 Å². The molecule has 2 atom stereocenters. The quantitative estimate of drug-likeness (QED) is 0.487. The van der Waals surface area contributed by atoms with E-state index in [9.17, 15) is 5.11 Å². The van der Waals surface area contributed by atoms with Crippen LogP contribution < -0.4 is 10.6 Å². The van der Waals surface area contributed by atoms with E-state index in [2.05, 4.69) is 52.1 Å². The van der Waals surface area contributed by atoms with E-state index in [-0.39, 0.29) is 6.04 Å². The predicted octanol–water partition coefficient (Wildman–Crippen LogP) is 2.88. The van der Waals surface area contributed by atoms with Crippen LogP contribution in [0.1, 0.15) is 30.3 Å². The third-order valence-corrected chi connectivity index (χ3v) is 5.65. The van der Waals surface area contributed by atoms with Gasteiger partial charge in [-0.15, -0.1) is 11.3 Å². The number of nitrogens with zero attached hydrogens (tertiary/aromatic N) is 2. The molecule has 5 nitrogen and oxygen atoms in total. The molecule has 2 unspecified atom stereocenters. The van der Waals surface area contributed by atoms with Crippen LogP contribution in [-0.2, 0) is 5.60 Å². The molecule has 2 rings (SSSR count). The van der Waals surface area contributed by atoms with Crippen LogP contribution in [-0.4, -0.2) is 49.7 Å². The van der Waals surface area contributed by atoms with Crippen molar-refractivity contribution in [2.75, 3.05) is 33.7 Å². The van der Waals surface area contributed by atoms with Gasteiger partial charge in [0.15, 0.2) is 5.96 Å². The molecular weight excluding hydrogens is 352 g/mol. The molecule has 0 aliphatic carbocycles. The molecule has 0 saturated carbocycles. The summed E-state index contributed by atoms with van der Waals surface area (Å²) in [5, 5.41) is 23.3. The summed E-state index contributed by atoms with van der Waals surface area (Å²) in [7, 11) is 4.16. The van der Waals surface area contributed by atoms with Gasteiger partial charge < -0.3 is 20.6 Å². The third kappa shape index (κ3) is 5.81. The molecular formula is C18H28N4OS2. The standard InChI is InChI=1S/C18H28N4OS2/c1-5-19-17(21-13-18(2,23)14-8-10-24-12-14)20-11-15(22(3)4)16-7-6-9-25-16/h6-10,12,15,23H,5,11,13H2,1-4H3,(H2,19,20,21). The van der Waals surface area contributed by atoms with Crippen molar-refractivity contribution in [3.05, 3.63) is 44.8 Å². The average Bonchev–Trinajstić information content (AvgIpc) is 3.26.